The second kappa shape index (κ2) is 5.69. The van der Waals surface area contributed by atoms with Crippen LogP contribution in [-0.2, 0) is 14.9 Å². The zero-order valence-electron chi connectivity index (χ0n) is 13.8. The molecular formula is C18H21BrN2O3. The Morgan fingerprint density at radius 2 is 1.83 bits per heavy atom. The van der Waals surface area contributed by atoms with Gasteiger partial charge in [-0.15, -0.1) is 0 Å². The third-order valence-electron chi connectivity index (χ3n) is 5.94. The lowest BCUT2D eigenvalue weighted by Crippen LogP contribution is -2.53. The van der Waals surface area contributed by atoms with Crippen molar-refractivity contribution in [3.8, 4) is 11.9 Å². The number of halogens is 1. The van der Waals surface area contributed by atoms with Crippen LogP contribution in [0.15, 0.2) is 16.6 Å². The average Bonchev–Trinajstić information content (AvgIpc) is 3.03. The minimum absolute atomic E-state index is 0.223. The van der Waals surface area contributed by atoms with Crippen molar-refractivity contribution < 1.29 is 14.2 Å². The Morgan fingerprint density at radius 3 is 2.42 bits per heavy atom. The summed E-state index contributed by atoms with van der Waals surface area (Å²) in [5.74, 6) is 0.212. The summed E-state index contributed by atoms with van der Waals surface area (Å²) in [6, 6.07) is 6.28. The van der Waals surface area contributed by atoms with E-state index in [1.165, 1.54) is 0 Å². The van der Waals surface area contributed by atoms with Gasteiger partial charge in [-0.3, -0.25) is 0 Å². The molecule has 2 saturated carbocycles. The second-order valence-corrected chi connectivity index (χ2v) is 8.19. The number of hydrogen-bond donors (Lipinski definition) is 0. The summed E-state index contributed by atoms with van der Waals surface area (Å²) < 4.78 is 17.8. The van der Waals surface area contributed by atoms with Crippen molar-refractivity contribution in [2.24, 2.45) is 5.41 Å². The van der Waals surface area contributed by atoms with Gasteiger partial charge in [0.25, 0.3) is 0 Å². The van der Waals surface area contributed by atoms with Crippen LogP contribution in [0.25, 0.3) is 0 Å². The molecule has 2 heterocycles. The van der Waals surface area contributed by atoms with E-state index in [0.717, 1.165) is 48.7 Å². The van der Waals surface area contributed by atoms with E-state index >= 15 is 0 Å². The predicted octanol–water partition coefficient (Wildman–Crippen LogP) is 3.71. The van der Waals surface area contributed by atoms with Crippen molar-refractivity contribution in [2.45, 2.75) is 49.7 Å². The number of methoxy groups -OCH3 is 1. The largest absolute Gasteiger partial charge is 0.481 e. The van der Waals surface area contributed by atoms with Crippen LogP contribution in [0.4, 0.5) is 0 Å². The van der Waals surface area contributed by atoms with Crippen LogP contribution in [0, 0.1) is 16.7 Å². The topological polar surface area (TPSA) is 64.4 Å². The Balaban J connectivity index is 1.53. The highest BCUT2D eigenvalue weighted by atomic mass is 79.9. The van der Waals surface area contributed by atoms with Gasteiger partial charge >= 0.3 is 0 Å². The fraction of sp³-hybridized carbons (Fsp3) is 0.667. The first-order valence-electron chi connectivity index (χ1n) is 8.45. The van der Waals surface area contributed by atoms with Gasteiger partial charge in [0.15, 0.2) is 5.79 Å². The Bertz CT molecular complexity index is 676. The van der Waals surface area contributed by atoms with E-state index in [1.54, 1.807) is 7.11 Å². The molecule has 3 fully saturated rings. The van der Waals surface area contributed by atoms with Crippen LogP contribution < -0.4 is 4.74 Å². The summed E-state index contributed by atoms with van der Waals surface area (Å²) in [5, 5.41) is 9.90. The van der Waals surface area contributed by atoms with E-state index in [4.69, 9.17) is 14.2 Å². The smallest absolute Gasteiger partial charge is 0.213 e. The Hall–Kier alpha value is -1.16. The van der Waals surface area contributed by atoms with Gasteiger partial charge in [-0.2, -0.15) is 5.26 Å². The molecule has 24 heavy (non-hydrogen) atoms. The Morgan fingerprint density at radius 1 is 1.17 bits per heavy atom. The van der Waals surface area contributed by atoms with Crippen LogP contribution >= 0.6 is 15.9 Å². The molecule has 0 radical (unpaired) electrons. The molecule has 1 saturated heterocycles. The maximum atomic E-state index is 9.90. The molecule has 0 unspecified atom stereocenters. The summed E-state index contributed by atoms with van der Waals surface area (Å²) >= 11 is 3.56. The maximum Gasteiger partial charge on any atom is 0.213 e. The number of nitrogens with zero attached hydrogens (tertiary/aromatic N) is 2. The first-order chi connectivity index (χ1) is 11.5. The van der Waals surface area contributed by atoms with Crippen LogP contribution in [0.2, 0.25) is 0 Å². The highest BCUT2D eigenvalue weighted by Gasteiger charge is 2.60. The SMILES string of the molecule is COc1ccc(Br)c(C2(C#N)CC3(CCC4(CC3)OCCO4)C2)n1. The molecule has 1 aromatic rings. The lowest BCUT2D eigenvalue weighted by molar-refractivity contribution is -0.203. The van der Waals surface area contributed by atoms with E-state index in [0.29, 0.717) is 19.1 Å². The molecule has 2 spiro atoms. The minimum atomic E-state index is -0.519. The molecule has 2 aliphatic carbocycles. The quantitative estimate of drug-likeness (QED) is 0.767. The van der Waals surface area contributed by atoms with Crippen LogP contribution in [-0.4, -0.2) is 31.1 Å². The number of nitriles is 1. The van der Waals surface area contributed by atoms with Gasteiger partial charge in [0.2, 0.25) is 5.88 Å². The average molecular weight is 393 g/mol. The molecule has 3 aliphatic rings. The zero-order chi connectivity index (χ0) is 16.8. The molecule has 0 N–H and O–H groups in total. The number of aromatic nitrogens is 1. The summed E-state index contributed by atoms with van der Waals surface area (Å²) in [6.45, 7) is 1.41. The van der Waals surface area contributed by atoms with Crippen LogP contribution in [0.5, 0.6) is 5.88 Å². The summed E-state index contributed by atoms with van der Waals surface area (Å²) in [6.07, 6.45) is 5.68. The monoisotopic (exact) mass is 392 g/mol. The van der Waals surface area contributed by atoms with Crippen molar-refractivity contribution in [1.82, 2.24) is 4.98 Å². The van der Waals surface area contributed by atoms with E-state index in [9.17, 15) is 5.26 Å². The van der Waals surface area contributed by atoms with E-state index in [2.05, 4.69) is 27.0 Å². The number of hydrogen-bond acceptors (Lipinski definition) is 5. The first kappa shape index (κ1) is 16.3. The van der Waals surface area contributed by atoms with Crippen molar-refractivity contribution in [2.75, 3.05) is 20.3 Å². The summed E-state index contributed by atoms with van der Waals surface area (Å²) in [7, 11) is 1.60. The fourth-order valence-electron chi connectivity index (χ4n) is 4.70. The molecule has 6 heteroatoms. The number of pyridine rings is 1. The molecule has 4 rings (SSSR count). The van der Waals surface area contributed by atoms with Gasteiger partial charge in [-0.05, 0) is 53.1 Å². The highest BCUT2D eigenvalue weighted by molar-refractivity contribution is 9.10. The van der Waals surface area contributed by atoms with Gasteiger partial charge in [0.05, 0.1) is 32.1 Å². The van der Waals surface area contributed by atoms with Gasteiger partial charge in [0.1, 0.15) is 5.41 Å². The molecule has 0 bridgehead atoms. The lowest BCUT2D eigenvalue weighted by Gasteiger charge is -2.56. The minimum Gasteiger partial charge on any atom is -0.481 e. The van der Waals surface area contributed by atoms with E-state index in [1.807, 2.05) is 12.1 Å². The zero-order valence-corrected chi connectivity index (χ0v) is 15.4. The molecule has 1 aromatic heterocycles. The van der Waals surface area contributed by atoms with Gasteiger partial charge < -0.3 is 14.2 Å². The Labute approximate surface area is 150 Å². The molecule has 0 atom stereocenters. The standard InChI is InChI=1S/C18H21BrN2O3/c1-22-14-3-2-13(19)15(21-14)17(12-20)10-16(11-17)4-6-18(7-5-16)23-8-9-24-18/h2-3H,4-11H2,1H3. The third-order valence-corrected chi connectivity index (χ3v) is 6.58. The Kier molecular flexibility index (Phi) is 3.87. The molecular weight excluding hydrogens is 372 g/mol. The van der Waals surface area contributed by atoms with Gasteiger partial charge in [-0.1, -0.05) is 0 Å². The maximum absolute atomic E-state index is 9.90. The van der Waals surface area contributed by atoms with Crippen molar-refractivity contribution in [1.29, 1.82) is 5.26 Å². The van der Waals surface area contributed by atoms with Crippen molar-refractivity contribution in [3.63, 3.8) is 0 Å². The summed E-state index contributed by atoms with van der Waals surface area (Å²) in [4.78, 5) is 4.56. The highest BCUT2D eigenvalue weighted by Crippen LogP contribution is 2.63. The van der Waals surface area contributed by atoms with Crippen molar-refractivity contribution in [3.05, 3.63) is 22.3 Å². The lowest BCUT2D eigenvalue weighted by atomic mass is 9.47. The number of rotatable bonds is 2. The summed E-state index contributed by atoms with van der Waals surface area (Å²) in [5.41, 5.74) is 0.513. The third kappa shape index (κ3) is 2.45. The van der Waals surface area contributed by atoms with Gasteiger partial charge in [0, 0.05) is 23.4 Å². The van der Waals surface area contributed by atoms with E-state index in [-0.39, 0.29) is 11.2 Å². The molecule has 1 aliphatic heterocycles. The predicted molar refractivity (Wildman–Crippen MR) is 90.6 cm³/mol. The number of ether oxygens (including phenoxy) is 3. The fourth-order valence-corrected chi connectivity index (χ4v) is 5.30. The van der Waals surface area contributed by atoms with Gasteiger partial charge in [-0.25, -0.2) is 4.98 Å². The normalized spacial score (nSPS) is 26.0. The second-order valence-electron chi connectivity index (χ2n) is 7.34. The van der Waals surface area contributed by atoms with Crippen LogP contribution in [0.1, 0.15) is 44.2 Å². The van der Waals surface area contributed by atoms with E-state index < -0.39 is 5.41 Å². The van der Waals surface area contributed by atoms with Crippen LogP contribution in [0.3, 0.4) is 0 Å². The molecule has 0 amide bonds. The van der Waals surface area contributed by atoms with Crippen molar-refractivity contribution >= 4 is 15.9 Å². The first-order valence-corrected chi connectivity index (χ1v) is 9.24. The molecule has 0 aromatic carbocycles. The molecule has 5 nitrogen and oxygen atoms in total. The molecule has 128 valence electrons.